The molecule has 0 unspecified atom stereocenters. The van der Waals surface area contributed by atoms with Crippen LogP contribution < -0.4 is 4.74 Å². The van der Waals surface area contributed by atoms with E-state index in [1.54, 1.807) is 20.0 Å². The maximum Gasteiger partial charge on any atom is 0.257 e. The average molecular weight is 327 g/mol. The number of carbonyl (C=O) groups is 1. The fourth-order valence-corrected chi connectivity index (χ4v) is 2.55. The van der Waals surface area contributed by atoms with Gasteiger partial charge in [-0.3, -0.25) is 4.79 Å². The van der Waals surface area contributed by atoms with Gasteiger partial charge in [0.15, 0.2) is 11.6 Å². The molecular formula is C18H18FN3O2. The molecule has 0 spiro atoms. The van der Waals surface area contributed by atoms with Gasteiger partial charge in [-0.2, -0.15) is 0 Å². The molecule has 1 heterocycles. The summed E-state index contributed by atoms with van der Waals surface area (Å²) in [6.45, 7) is 2.32. The lowest BCUT2D eigenvalue weighted by Gasteiger charge is -2.18. The number of aromatic amines is 1. The van der Waals surface area contributed by atoms with Crippen LogP contribution in [-0.4, -0.2) is 34.4 Å². The molecular weight excluding hydrogens is 309 g/mol. The minimum atomic E-state index is -0.542. The van der Waals surface area contributed by atoms with Gasteiger partial charge in [-0.25, -0.2) is 9.37 Å². The number of hydrogen-bond donors (Lipinski definition) is 1. The summed E-state index contributed by atoms with van der Waals surface area (Å²) in [5.41, 5.74) is 1.96. The van der Waals surface area contributed by atoms with Crippen molar-refractivity contribution < 1.29 is 13.9 Å². The predicted molar refractivity (Wildman–Crippen MR) is 89.5 cm³/mol. The van der Waals surface area contributed by atoms with E-state index in [1.807, 2.05) is 24.3 Å². The summed E-state index contributed by atoms with van der Waals surface area (Å²) in [4.78, 5) is 21.8. The molecule has 0 fully saturated rings. The van der Waals surface area contributed by atoms with E-state index in [4.69, 9.17) is 4.74 Å². The lowest BCUT2D eigenvalue weighted by Crippen LogP contribution is -2.27. The third kappa shape index (κ3) is 3.08. The molecule has 5 nitrogen and oxygen atoms in total. The molecule has 1 amide bonds. The quantitative estimate of drug-likeness (QED) is 0.781. The van der Waals surface area contributed by atoms with Crippen molar-refractivity contribution in [2.45, 2.75) is 13.5 Å². The number of fused-ring (bicyclic) bond motifs is 1. The number of hydrogen-bond acceptors (Lipinski definition) is 3. The van der Waals surface area contributed by atoms with Crippen LogP contribution in [0.2, 0.25) is 0 Å². The minimum Gasteiger partial charge on any atom is -0.490 e. The fraction of sp³-hybridized carbons (Fsp3) is 0.222. The van der Waals surface area contributed by atoms with Gasteiger partial charge in [0, 0.05) is 7.05 Å². The first-order valence-corrected chi connectivity index (χ1v) is 7.70. The Morgan fingerprint density at radius 3 is 2.79 bits per heavy atom. The number of aromatic nitrogens is 2. The number of benzene rings is 2. The molecule has 0 saturated heterocycles. The number of H-pyrrole nitrogens is 1. The number of para-hydroxylation sites is 3. The second-order valence-corrected chi connectivity index (χ2v) is 5.41. The molecule has 3 aromatic rings. The first kappa shape index (κ1) is 16.0. The van der Waals surface area contributed by atoms with Gasteiger partial charge in [-0.15, -0.1) is 0 Å². The van der Waals surface area contributed by atoms with E-state index < -0.39 is 5.82 Å². The van der Waals surface area contributed by atoms with Crippen LogP contribution in [0.5, 0.6) is 5.75 Å². The molecule has 3 rings (SSSR count). The molecule has 0 aliphatic carbocycles. The Kier molecular flexibility index (Phi) is 4.46. The average Bonchev–Trinajstić information content (AvgIpc) is 2.98. The van der Waals surface area contributed by atoms with Crippen molar-refractivity contribution >= 4 is 16.9 Å². The number of halogens is 1. The highest BCUT2D eigenvalue weighted by Crippen LogP contribution is 2.24. The SMILES string of the molecule is CCOc1c(F)cccc1C(=O)N(C)Cc1nc2ccccc2[nH]1. The molecule has 6 heteroatoms. The standard InChI is InChI=1S/C18H18FN3O2/c1-3-24-17-12(7-6-8-13(17)19)18(23)22(2)11-16-20-14-9-4-5-10-15(14)21-16/h4-10H,3,11H2,1-2H3,(H,20,21). The molecule has 1 aromatic heterocycles. The molecule has 0 aliphatic heterocycles. The Labute approximate surface area is 139 Å². The normalized spacial score (nSPS) is 10.8. The lowest BCUT2D eigenvalue weighted by molar-refractivity contribution is 0.0776. The molecule has 1 N–H and O–H groups in total. The summed E-state index contributed by atoms with van der Waals surface area (Å²) in [7, 11) is 1.65. The number of carbonyl (C=O) groups excluding carboxylic acids is 1. The fourth-order valence-electron chi connectivity index (χ4n) is 2.55. The van der Waals surface area contributed by atoms with Crippen LogP contribution in [0.15, 0.2) is 42.5 Å². The zero-order valence-electron chi connectivity index (χ0n) is 13.5. The molecule has 0 aliphatic rings. The van der Waals surface area contributed by atoms with Gasteiger partial charge in [0.25, 0.3) is 5.91 Å². The van der Waals surface area contributed by atoms with Gasteiger partial charge in [0.05, 0.1) is 29.7 Å². The highest BCUT2D eigenvalue weighted by Gasteiger charge is 2.20. The Hall–Kier alpha value is -2.89. The van der Waals surface area contributed by atoms with Gasteiger partial charge < -0.3 is 14.6 Å². The van der Waals surface area contributed by atoms with Crippen molar-refractivity contribution in [3.63, 3.8) is 0 Å². The molecule has 0 radical (unpaired) electrons. The number of imidazole rings is 1. The number of ether oxygens (including phenoxy) is 1. The van der Waals surface area contributed by atoms with Gasteiger partial charge in [-0.05, 0) is 31.2 Å². The first-order valence-electron chi connectivity index (χ1n) is 7.70. The highest BCUT2D eigenvalue weighted by atomic mass is 19.1. The predicted octanol–water partition coefficient (Wildman–Crippen LogP) is 3.37. The molecule has 0 bridgehead atoms. The van der Waals surface area contributed by atoms with Crippen LogP contribution in [0, 0.1) is 5.82 Å². The maximum absolute atomic E-state index is 13.9. The zero-order valence-corrected chi connectivity index (χ0v) is 13.5. The van der Waals surface area contributed by atoms with Crippen LogP contribution in [0.4, 0.5) is 4.39 Å². The summed E-state index contributed by atoms with van der Waals surface area (Å²) in [6, 6.07) is 12.0. The van der Waals surface area contributed by atoms with Crippen LogP contribution in [0.1, 0.15) is 23.1 Å². The van der Waals surface area contributed by atoms with Crippen LogP contribution >= 0.6 is 0 Å². The van der Waals surface area contributed by atoms with E-state index >= 15 is 0 Å². The van der Waals surface area contributed by atoms with E-state index in [2.05, 4.69) is 9.97 Å². The minimum absolute atomic E-state index is 0.0125. The molecule has 0 saturated carbocycles. The number of nitrogens with one attached hydrogen (secondary N) is 1. The number of rotatable bonds is 5. The third-order valence-corrected chi connectivity index (χ3v) is 3.66. The number of amides is 1. The van der Waals surface area contributed by atoms with Crippen molar-refractivity contribution in [1.82, 2.24) is 14.9 Å². The first-order chi connectivity index (χ1) is 11.6. The Morgan fingerprint density at radius 1 is 1.25 bits per heavy atom. The summed E-state index contributed by atoms with van der Waals surface area (Å²) < 4.78 is 19.2. The molecule has 0 atom stereocenters. The van der Waals surface area contributed by atoms with Crippen molar-refractivity contribution in [3.8, 4) is 5.75 Å². The third-order valence-electron chi connectivity index (χ3n) is 3.66. The summed E-state index contributed by atoms with van der Waals surface area (Å²) in [5, 5.41) is 0. The summed E-state index contributed by atoms with van der Waals surface area (Å²) >= 11 is 0. The van der Waals surface area contributed by atoms with E-state index in [-0.39, 0.29) is 30.4 Å². The largest absolute Gasteiger partial charge is 0.490 e. The Morgan fingerprint density at radius 2 is 2.04 bits per heavy atom. The second kappa shape index (κ2) is 6.70. The summed E-state index contributed by atoms with van der Waals surface area (Å²) in [6.07, 6.45) is 0. The van der Waals surface area contributed by atoms with Crippen LogP contribution in [-0.2, 0) is 6.54 Å². The summed E-state index contributed by atoms with van der Waals surface area (Å²) in [5.74, 6) is -0.207. The molecule has 2 aromatic carbocycles. The van der Waals surface area contributed by atoms with Crippen LogP contribution in [0.25, 0.3) is 11.0 Å². The van der Waals surface area contributed by atoms with Gasteiger partial charge >= 0.3 is 0 Å². The van der Waals surface area contributed by atoms with E-state index in [9.17, 15) is 9.18 Å². The van der Waals surface area contributed by atoms with Crippen molar-refractivity contribution in [3.05, 3.63) is 59.7 Å². The van der Waals surface area contributed by atoms with E-state index in [0.717, 1.165) is 11.0 Å². The van der Waals surface area contributed by atoms with Gasteiger partial charge in [0.1, 0.15) is 5.82 Å². The Balaban J connectivity index is 1.83. The zero-order chi connectivity index (χ0) is 17.1. The second-order valence-electron chi connectivity index (χ2n) is 5.41. The molecule has 124 valence electrons. The Bertz CT molecular complexity index is 843. The van der Waals surface area contributed by atoms with Gasteiger partial charge in [-0.1, -0.05) is 18.2 Å². The van der Waals surface area contributed by atoms with E-state index in [0.29, 0.717) is 5.82 Å². The van der Waals surface area contributed by atoms with Crippen LogP contribution in [0.3, 0.4) is 0 Å². The van der Waals surface area contributed by atoms with Crippen molar-refractivity contribution in [2.75, 3.05) is 13.7 Å². The smallest absolute Gasteiger partial charge is 0.257 e. The monoisotopic (exact) mass is 327 g/mol. The lowest BCUT2D eigenvalue weighted by atomic mass is 10.1. The molecule has 24 heavy (non-hydrogen) atoms. The van der Waals surface area contributed by atoms with Crippen molar-refractivity contribution in [1.29, 1.82) is 0 Å². The van der Waals surface area contributed by atoms with E-state index in [1.165, 1.54) is 17.0 Å². The van der Waals surface area contributed by atoms with Crippen molar-refractivity contribution in [2.24, 2.45) is 0 Å². The maximum atomic E-state index is 13.9. The van der Waals surface area contributed by atoms with Gasteiger partial charge in [0.2, 0.25) is 0 Å². The number of nitrogens with zero attached hydrogens (tertiary/aromatic N) is 2. The topological polar surface area (TPSA) is 58.2 Å². The highest BCUT2D eigenvalue weighted by molar-refractivity contribution is 5.96.